The molecule has 0 radical (unpaired) electrons. The molecule has 0 bridgehead atoms. The molecule has 59 heavy (non-hydrogen) atoms. The molecule has 3 rings (SSSR count). The van der Waals surface area contributed by atoms with Crippen LogP contribution in [0.3, 0.4) is 0 Å². The Kier molecular flexibility index (Phi) is 19.6. The number of hydrogen-bond acceptors (Lipinski definition) is 19. The number of carbonyl (C=O) groups excluding carboxylic acids is 3. The lowest BCUT2D eigenvalue weighted by Gasteiger charge is -2.30. The Morgan fingerprint density at radius 3 is 2.17 bits per heavy atom. The van der Waals surface area contributed by atoms with Gasteiger partial charge in [-0.15, -0.1) is 0 Å². The highest BCUT2D eigenvalue weighted by molar-refractivity contribution is 8.13. The van der Waals surface area contributed by atoms with Gasteiger partial charge in [-0.25, -0.2) is 28.6 Å². The lowest BCUT2D eigenvalue weighted by Crippen LogP contribution is -2.46. The Hall–Kier alpha value is -2.97. The van der Waals surface area contributed by atoms with E-state index in [0.29, 0.717) is 5.75 Å². The lowest BCUT2D eigenvalue weighted by atomic mass is 9.87. The molecule has 2 aromatic heterocycles. The zero-order valence-electron chi connectivity index (χ0n) is 32.6. The Balaban J connectivity index is 0.00000185. The highest BCUT2D eigenvalue weighted by Gasteiger charge is 2.50. The fraction of sp³-hybridized carbons (Fsp3) is 0.690. The molecule has 1 aliphatic rings. The maximum absolute atomic E-state index is 12.6. The predicted octanol–water partition coefficient (Wildman–Crippen LogP) is 0.0477. The molecule has 3 unspecified atom stereocenters. The predicted molar refractivity (Wildman–Crippen MR) is 204 cm³/mol. The van der Waals surface area contributed by atoms with E-state index in [2.05, 4.69) is 34.4 Å². The number of thioether (sulfide) groups is 1. The number of aliphatic carboxylic acids is 1. The summed E-state index contributed by atoms with van der Waals surface area (Å²) in [7, 11) is -16.4. The molecular formula is C29H50N7O19P3S. The first-order valence-corrected chi connectivity index (χ1v) is 22.9. The van der Waals surface area contributed by atoms with Crippen LogP contribution < -0.4 is 16.4 Å². The van der Waals surface area contributed by atoms with Gasteiger partial charge < -0.3 is 56.0 Å². The minimum Gasteiger partial charge on any atom is -0.481 e. The van der Waals surface area contributed by atoms with Crippen LogP contribution in [0.5, 0.6) is 0 Å². The number of imidazole rings is 1. The Morgan fingerprint density at radius 2 is 1.59 bits per heavy atom. The number of aliphatic hydroxyl groups excluding tert-OH is 2. The van der Waals surface area contributed by atoms with Crippen LogP contribution in [-0.4, -0.2) is 134 Å². The van der Waals surface area contributed by atoms with Gasteiger partial charge in [-0.1, -0.05) is 53.3 Å². The van der Waals surface area contributed by atoms with Crippen molar-refractivity contribution in [2.45, 2.75) is 78.6 Å². The van der Waals surface area contributed by atoms with E-state index in [-0.39, 0.29) is 53.4 Å². The number of carboxylic acid groups (broad SMARTS) is 1. The van der Waals surface area contributed by atoms with Gasteiger partial charge >= 0.3 is 29.4 Å². The minimum absolute atomic E-state index is 0.0174. The molecule has 0 aliphatic carbocycles. The molecule has 1 saturated heterocycles. The molecule has 7 atom stereocenters. The van der Waals surface area contributed by atoms with E-state index in [1.165, 1.54) is 13.8 Å². The van der Waals surface area contributed by atoms with Gasteiger partial charge in [0.1, 0.15) is 36.3 Å². The van der Waals surface area contributed by atoms with E-state index in [1.54, 1.807) is 27.7 Å². The van der Waals surface area contributed by atoms with Crippen molar-refractivity contribution in [2.75, 3.05) is 37.8 Å². The summed E-state index contributed by atoms with van der Waals surface area (Å²) in [5, 5.41) is 34.3. The smallest absolute Gasteiger partial charge is 0.481 e. The highest BCUT2D eigenvalue weighted by atomic mass is 32.2. The first kappa shape index (κ1) is 52.2. The molecule has 0 spiro atoms. The van der Waals surface area contributed by atoms with Crippen molar-refractivity contribution in [3.8, 4) is 0 Å². The molecule has 0 aromatic carbocycles. The van der Waals surface area contributed by atoms with E-state index in [0.717, 1.165) is 29.0 Å². The van der Waals surface area contributed by atoms with E-state index in [4.69, 9.17) is 24.6 Å². The summed E-state index contributed by atoms with van der Waals surface area (Å²) in [6, 6.07) is 0. The lowest BCUT2D eigenvalue weighted by molar-refractivity contribution is -0.140. The minimum atomic E-state index is -5.56. The van der Waals surface area contributed by atoms with Crippen molar-refractivity contribution in [3.63, 3.8) is 0 Å². The number of fused-ring (bicyclic) bond motifs is 1. The van der Waals surface area contributed by atoms with Gasteiger partial charge in [0, 0.05) is 36.6 Å². The number of phosphoric ester groups is 3. The highest BCUT2D eigenvalue weighted by Crippen LogP contribution is 2.61. The van der Waals surface area contributed by atoms with Crippen molar-refractivity contribution in [3.05, 3.63) is 12.7 Å². The zero-order chi connectivity index (χ0) is 45.1. The number of phosphoric acid groups is 3. The maximum Gasteiger partial charge on any atom is 0.481 e. The van der Waals surface area contributed by atoms with Crippen molar-refractivity contribution < 1.29 is 90.4 Å². The molecule has 336 valence electrons. The molecule has 11 N–H and O–H groups in total. The number of nitrogens with zero attached hydrogens (tertiary/aromatic N) is 4. The van der Waals surface area contributed by atoms with Crippen LogP contribution in [0.2, 0.25) is 0 Å². The van der Waals surface area contributed by atoms with Crippen molar-refractivity contribution in [1.29, 1.82) is 0 Å². The molecule has 2 amide bonds. The second-order valence-electron chi connectivity index (χ2n) is 13.9. The average molecular weight is 926 g/mol. The number of anilines is 1. The number of aromatic nitrogens is 4. The number of nitrogen functional groups attached to an aromatic ring is 1. The molecule has 0 saturated carbocycles. The number of amides is 2. The van der Waals surface area contributed by atoms with Crippen LogP contribution in [0.15, 0.2) is 12.7 Å². The van der Waals surface area contributed by atoms with Crippen LogP contribution in [0.1, 0.15) is 54.2 Å². The van der Waals surface area contributed by atoms with Crippen LogP contribution >= 0.6 is 35.2 Å². The van der Waals surface area contributed by atoms with Crippen LogP contribution in [0.25, 0.3) is 11.2 Å². The largest absolute Gasteiger partial charge is 0.481 e. The standard InChI is InChI=1S/C25H42N7O17P3S.C4H8O2/c1-13(2)24(37)53-8-7-27-15(33)5-6-28-22(36)19(35)25(3,4)10-46-52(43,44)49-51(41,42)45-9-14-18(48-50(38,39)40)17(34)23(47-14)32-12-31-16-20(26)29-11-30-21(16)32;1-3(2)4(5)6/h11-14,17-19,23,34-35H,5-10H2,1-4H3,(H,27,33)(H,28,36)(H,41,42)(H,43,44)(H2,26,29,30)(H2,38,39,40);3H,1-2H3,(H,5,6)/t14-,17-,18-,19?,23-;/m1./s1. The quantitative estimate of drug-likeness (QED) is 0.0584. The second kappa shape index (κ2) is 22.2. The Morgan fingerprint density at radius 1 is 0.983 bits per heavy atom. The number of carbonyl (C=O) groups is 4. The average Bonchev–Trinajstić information content (AvgIpc) is 3.68. The Labute approximate surface area is 341 Å². The van der Waals surface area contributed by atoms with Crippen LogP contribution in [0, 0.1) is 17.3 Å². The summed E-state index contributed by atoms with van der Waals surface area (Å²) in [6.07, 6.45) is -6.89. The summed E-state index contributed by atoms with van der Waals surface area (Å²) in [6.45, 7) is 7.31. The van der Waals surface area contributed by atoms with Gasteiger partial charge in [0.15, 0.2) is 22.8 Å². The second-order valence-corrected chi connectivity index (χ2v) is 19.2. The van der Waals surface area contributed by atoms with Gasteiger partial charge in [0.05, 0.1) is 25.5 Å². The van der Waals surface area contributed by atoms with Gasteiger partial charge in [-0.05, 0) is 0 Å². The van der Waals surface area contributed by atoms with Crippen molar-refractivity contribution in [1.82, 2.24) is 30.2 Å². The summed E-state index contributed by atoms with van der Waals surface area (Å²) in [5.41, 5.74) is 4.26. The third-order valence-corrected chi connectivity index (χ3v) is 12.0. The first-order chi connectivity index (χ1) is 27.1. The molecule has 1 fully saturated rings. The zero-order valence-corrected chi connectivity index (χ0v) is 36.1. The molecular weight excluding hydrogens is 875 g/mol. The number of aliphatic hydroxyl groups is 2. The fourth-order valence-electron chi connectivity index (χ4n) is 4.45. The number of nitrogens with two attached hydrogens (primary N) is 1. The normalized spacial score (nSPS) is 21.0. The molecule has 30 heteroatoms. The van der Waals surface area contributed by atoms with Crippen molar-refractivity contribution >= 4 is 75.1 Å². The van der Waals surface area contributed by atoms with Gasteiger partial charge in [-0.2, -0.15) is 4.31 Å². The first-order valence-electron chi connectivity index (χ1n) is 17.4. The number of carboxylic acids is 1. The summed E-state index contributed by atoms with van der Waals surface area (Å²) in [5.74, 6) is -2.20. The van der Waals surface area contributed by atoms with E-state index >= 15 is 0 Å². The SMILES string of the molecule is CC(C)C(=O)O.CC(C)C(=O)SCCNC(=O)CCNC(=O)C(O)C(C)(C)COP(=O)(O)OP(=O)(O)OC[C@H]1O[C@@H](n2cnc3c(N)ncnc32)[C@H](O)[C@@H]1OP(=O)(O)O. The number of hydrogen-bond donors (Lipinski definition) is 10. The number of rotatable bonds is 21. The Bertz CT molecular complexity index is 1910. The summed E-state index contributed by atoms with van der Waals surface area (Å²) < 4.78 is 61.9. The number of ether oxygens (including phenoxy) is 1. The van der Waals surface area contributed by atoms with Crippen LogP contribution in [-0.2, 0) is 55.5 Å². The van der Waals surface area contributed by atoms with Gasteiger partial charge in [-0.3, -0.25) is 37.3 Å². The molecule has 26 nitrogen and oxygen atoms in total. The molecule has 3 heterocycles. The third-order valence-electron chi connectivity index (χ3n) is 7.71. The number of nitrogens with one attached hydrogen (secondary N) is 2. The fourth-order valence-corrected chi connectivity index (χ4v) is 8.02. The maximum atomic E-state index is 12.6. The third kappa shape index (κ3) is 17.1. The van der Waals surface area contributed by atoms with Gasteiger partial charge in [0.2, 0.25) is 11.8 Å². The van der Waals surface area contributed by atoms with E-state index < -0.39 is 90.5 Å². The summed E-state index contributed by atoms with van der Waals surface area (Å²) in [4.78, 5) is 96.6. The van der Waals surface area contributed by atoms with E-state index in [9.17, 15) is 62.7 Å². The van der Waals surface area contributed by atoms with Crippen molar-refractivity contribution in [2.24, 2.45) is 17.3 Å². The van der Waals surface area contributed by atoms with Crippen LogP contribution in [0.4, 0.5) is 5.82 Å². The summed E-state index contributed by atoms with van der Waals surface area (Å²) >= 11 is 1.08. The van der Waals surface area contributed by atoms with Gasteiger partial charge in [0.25, 0.3) is 0 Å². The topological polar surface area (TPSA) is 401 Å². The van der Waals surface area contributed by atoms with E-state index in [1.807, 2.05) is 0 Å². The molecule has 2 aromatic rings. The monoisotopic (exact) mass is 925 g/mol. The molecule has 1 aliphatic heterocycles.